The van der Waals surface area contributed by atoms with Crippen molar-refractivity contribution in [2.45, 2.75) is 13.5 Å². The lowest BCUT2D eigenvalue weighted by molar-refractivity contribution is -0.148. The summed E-state index contributed by atoms with van der Waals surface area (Å²) in [5.74, 6) is -0.336. The highest BCUT2D eigenvalue weighted by molar-refractivity contribution is 5.70. The van der Waals surface area contributed by atoms with Crippen LogP contribution in [-0.2, 0) is 20.8 Å². The summed E-state index contributed by atoms with van der Waals surface area (Å²) in [5.41, 5.74) is 1.74. The lowest BCUT2D eigenvalue weighted by Crippen LogP contribution is -2.24. The van der Waals surface area contributed by atoms with E-state index in [-0.39, 0.29) is 12.6 Å². The lowest BCUT2D eigenvalue weighted by atomic mass is 10.1. The molecule has 0 aromatic heterocycles. The number of carbonyl (C=O) groups excluding carboxylic acids is 1. The number of hydrogen-bond acceptors (Lipinski definition) is 5. The van der Waals surface area contributed by atoms with Gasteiger partial charge >= 0.3 is 5.97 Å². The smallest absolute Gasteiger partial charge is 0.332 e. The summed E-state index contributed by atoms with van der Waals surface area (Å²) in [6, 6.07) is 9.63. The molecule has 0 aliphatic heterocycles. The van der Waals surface area contributed by atoms with E-state index in [1.165, 1.54) is 0 Å². The Morgan fingerprint density at radius 2 is 2.25 bits per heavy atom. The van der Waals surface area contributed by atoms with Gasteiger partial charge in [0.1, 0.15) is 6.61 Å². The molecule has 0 radical (unpaired) electrons. The number of likely N-dealkylation sites (N-methyl/N-ethyl adjacent to an activating group) is 1. The van der Waals surface area contributed by atoms with E-state index in [4.69, 9.17) is 14.7 Å². The maximum absolute atomic E-state index is 11.1. The molecule has 0 spiro atoms. The molecule has 20 heavy (non-hydrogen) atoms. The third-order valence-electron chi connectivity index (χ3n) is 2.65. The normalized spacial score (nSPS) is 10.3. The molecule has 0 N–H and O–H groups in total. The second-order valence-electron chi connectivity index (χ2n) is 4.41. The van der Waals surface area contributed by atoms with Crippen molar-refractivity contribution in [3.05, 3.63) is 35.4 Å². The number of ether oxygens (including phenoxy) is 2. The number of nitriles is 1. The van der Waals surface area contributed by atoms with E-state index >= 15 is 0 Å². The van der Waals surface area contributed by atoms with E-state index < -0.39 is 0 Å². The largest absolute Gasteiger partial charge is 0.464 e. The highest BCUT2D eigenvalue weighted by atomic mass is 16.6. The first-order chi connectivity index (χ1) is 9.65. The summed E-state index contributed by atoms with van der Waals surface area (Å²) in [5, 5.41) is 8.84. The van der Waals surface area contributed by atoms with E-state index in [1.54, 1.807) is 13.0 Å². The standard InChI is InChI=1S/C15H20N2O3/c1-3-20-15(18)12-19-8-7-17(2)11-14-6-4-5-13(9-14)10-16/h4-6,9H,3,7-8,11-12H2,1-2H3. The molecule has 0 saturated carbocycles. The molecular weight excluding hydrogens is 256 g/mol. The maximum Gasteiger partial charge on any atom is 0.332 e. The molecule has 0 atom stereocenters. The van der Waals surface area contributed by atoms with Crippen molar-refractivity contribution < 1.29 is 14.3 Å². The third kappa shape index (κ3) is 6.32. The summed E-state index contributed by atoms with van der Waals surface area (Å²) in [4.78, 5) is 13.1. The predicted molar refractivity (Wildman–Crippen MR) is 74.9 cm³/mol. The number of carbonyl (C=O) groups is 1. The molecule has 5 heteroatoms. The zero-order chi connectivity index (χ0) is 14.8. The highest BCUT2D eigenvalue weighted by Crippen LogP contribution is 2.06. The fraction of sp³-hybridized carbons (Fsp3) is 0.467. The summed E-state index contributed by atoms with van der Waals surface area (Å²) in [6.07, 6.45) is 0. The van der Waals surface area contributed by atoms with Crippen LogP contribution in [0, 0.1) is 11.3 Å². The minimum Gasteiger partial charge on any atom is -0.464 e. The second-order valence-corrected chi connectivity index (χ2v) is 4.41. The van der Waals surface area contributed by atoms with Gasteiger partial charge in [0.15, 0.2) is 0 Å². The molecule has 0 aliphatic rings. The molecule has 0 saturated heterocycles. The van der Waals surface area contributed by atoms with E-state index in [0.29, 0.717) is 25.3 Å². The summed E-state index contributed by atoms with van der Waals surface area (Å²) < 4.78 is 9.99. The first-order valence-electron chi connectivity index (χ1n) is 6.56. The quantitative estimate of drug-likeness (QED) is 0.533. The Kier molecular flexibility index (Phi) is 7.33. The van der Waals surface area contributed by atoms with Crippen LogP contribution in [0.3, 0.4) is 0 Å². The minimum absolute atomic E-state index is 0.00834. The van der Waals surface area contributed by atoms with Crippen LogP contribution in [-0.4, -0.2) is 44.3 Å². The van der Waals surface area contributed by atoms with Crippen molar-refractivity contribution in [3.8, 4) is 6.07 Å². The van der Waals surface area contributed by atoms with Crippen LogP contribution in [0.4, 0.5) is 0 Å². The van der Waals surface area contributed by atoms with Gasteiger partial charge in [0.25, 0.3) is 0 Å². The van der Waals surface area contributed by atoms with Crippen LogP contribution >= 0.6 is 0 Å². The van der Waals surface area contributed by atoms with Gasteiger partial charge in [-0.25, -0.2) is 4.79 Å². The van der Waals surface area contributed by atoms with Crippen molar-refractivity contribution >= 4 is 5.97 Å². The first-order valence-corrected chi connectivity index (χ1v) is 6.56. The predicted octanol–water partition coefficient (Wildman–Crippen LogP) is 1.57. The molecule has 0 unspecified atom stereocenters. The monoisotopic (exact) mass is 276 g/mol. The Hall–Kier alpha value is -1.90. The Labute approximate surface area is 119 Å². The van der Waals surface area contributed by atoms with Gasteiger partial charge in [-0.05, 0) is 31.7 Å². The van der Waals surface area contributed by atoms with E-state index in [9.17, 15) is 4.79 Å². The van der Waals surface area contributed by atoms with Crippen LogP contribution in [0.15, 0.2) is 24.3 Å². The molecule has 108 valence electrons. The molecule has 0 aliphatic carbocycles. The van der Waals surface area contributed by atoms with Crippen molar-refractivity contribution in [3.63, 3.8) is 0 Å². The number of hydrogen-bond donors (Lipinski definition) is 0. The van der Waals surface area contributed by atoms with E-state index in [0.717, 1.165) is 12.1 Å². The number of nitrogens with zero attached hydrogens (tertiary/aromatic N) is 2. The lowest BCUT2D eigenvalue weighted by Gasteiger charge is -2.16. The Morgan fingerprint density at radius 1 is 1.45 bits per heavy atom. The van der Waals surface area contributed by atoms with Gasteiger partial charge in [-0.3, -0.25) is 4.90 Å². The third-order valence-corrected chi connectivity index (χ3v) is 2.65. The van der Waals surface area contributed by atoms with Crippen molar-refractivity contribution in [1.82, 2.24) is 4.90 Å². The average Bonchev–Trinajstić information content (AvgIpc) is 2.44. The maximum atomic E-state index is 11.1. The Morgan fingerprint density at radius 3 is 2.95 bits per heavy atom. The van der Waals surface area contributed by atoms with Crippen LogP contribution in [0.5, 0.6) is 0 Å². The minimum atomic E-state index is -0.336. The Bertz CT molecular complexity index is 468. The molecule has 5 nitrogen and oxygen atoms in total. The topological polar surface area (TPSA) is 62.6 Å². The fourth-order valence-corrected chi connectivity index (χ4v) is 1.71. The number of rotatable bonds is 8. The zero-order valence-corrected chi connectivity index (χ0v) is 12.0. The number of esters is 1. The molecule has 0 fully saturated rings. The Balaban J connectivity index is 2.25. The zero-order valence-electron chi connectivity index (χ0n) is 12.0. The fourth-order valence-electron chi connectivity index (χ4n) is 1.71. The average molecular weight is 276 g/mol. The number of benzene rings is 1. The molecule has 1 aromatic rings. The summed E-state index contributed by atoms with van der Waals surface area (Å²) in [6.45, 7) is 4.03. The van der Waals surface area contributed by atoms with Gasteiger partial charge in [-0.2, -0.15) is 5.26 Å². The molecule has 1 rings (SSSR count). The molecular formula is C15H20N2O3. The molecule has 0 heterocycles. The van der Waals surface area contributed by atoms with Crippen molar-refractivity contribution in [2.24, 2.45) is 0 Å². The van der Waals surface area contributed by atoms with E-state index in [2.05, 4.69) is 11.0 Å². The van der Waals surface area contributed by atoms with E-state index in [1.807, 2.05) is 25.2 Å². The van der Waals surface area contributed by atoms with Crippen molar-refractivity contribution in [1.29, 1.82) is 5.26 Å². The summed E-state index contributed by atoms with van der Waals surface area (Å²) in [7, 11) is 1.97. The van der Waals surface area contributed by atoms with Gasteiger partial charge in [0.05, 0.1) is 24.8 Å². The summed E-state index contributed by atoms with van der Waals surface area (Å²) >= 11 is 0. The SMILES string of the molecule is CCOC(=O)COCCN(C)Cc1cccc(C#N)c1. The van der Waals surface area contributed by atoms with Gasteiger partial charge in [-0.1, -0.05) is 12.1 Å². The molecule has 1 aromatic carbocycles. The van der Waals surface area contributed by atoms with Gasteiger partial charge in [0, 0.05) is 13.1 Å². The first kappa shape index (κ1) is 16.2. The van der Waals surface area contributed by atoms with Crippen LogP contribution in [0.2, 0.25) is 0 Å². The molecule has 0 amide bonds. The van der Waals surface area contributed by atoms with Gasteiger partial charge in [-0.15, -0.1) is 0 Å². The van der Waals surface area contributed by atoms with Crippen LogP contribution in [0.1, 0.15) is 18.1 Å². The molecule has 0 bridgehead atoms. The van der Waals surface area contributed by atoms with Crippen molar-refractivity contribution in [2.75, 3.05) is 33.4 Å². The van der Waals surface area contributed by atoms with Crippen LogP contribution in [0.25, 0.3) is 0 Å². The van der Waals surface area contributed by atoms with Crippen LogP contribution < -0.4 is 0 Å². The highest BCUT2D eigenvalue weighted by Gasteiger charge is 2.04. The second kappa shape index (κ2) is 9.08. The van der Waals surface area contributed by atoms with Gasteiger partial charge in [0.2, 0.25) is 0 Å². The van der Waals surface area contributed by atoms with Gasteiger partial charge < -0.3 is 9.47 Å².